The van der Waals surface area contributed by atoms with Crippen LogP contribution in [0.15, 0.2) is 0 Å². The first kappa shape index (κ1) is 9.04. The number of esters is 1. The Kier molecular flexibility index (Phi) is 2.31. The summed E-state index contributed by atoms with van der Waals surface area (Å²) in [6.45, 7) is 2.27. The highest BCUT2D eigenvalue weighted by molar-refractivity contribution is 5.70. The Morgan fingerprint density at radius 3 is 2.85 bits per heavy atom. The summed E-state index contributed by atoms with van der Waals surface area (Å²) in [7, 11) is 0. The Morgan fingerprint density at radius 1 is 1.38 bits per heavy atom. The lowest BCUT2D eigenvalue weighted by Gasteiger charge is -2.41. The van der Waals surface area contributed by atoms with Crippen LogP contribution in [0.2, 0.25) is 0 Å². The minimum atomic E-state index is -0.0486. The monoisotopic (exact) mass is 182 g/mol. The minimum Gasteiger partial charge on any atom is -0.459 e. The van der Waals surface area contributed by atoms with Crippen molar-refractivity contribution in [2.75, 3.05) is 0 Å². The Morgan fingerprint density at radius 2 is 2.15 bits per heavy atom. The first-order chi connectivity index (χ1) is 6.20. The average molecular weight is 182 g/mol. The van der Waals surface area contributed by atoms with E-state index in [4.69, 9.17) is 4.74 Å². The van der Waals surface area contributed by atoms with Crippen molar-refractivity contribution in [3.63, 3.8) is 0 Å². The molecule has 2 fully saturated rings. The van der Waals surface area contributed by atoms with E-state index >= 15 is 0 Å². The quantitative estimate of drug-likeness (QED) is 0.538. The van der Waals surface area contributed by atoms with Crippen LogP contribution >= 0.6 is 0 Å². The summed E-state index contributed by atoms with van der Waals surface area (Å²) in [4.78, 5) is 11.2. The van der Waals surface area contributed by atoms with Crippen LogP contribution in [0.5, 0.6) is 0 Å². The molecule has 1 spiro atoms. The maximum absolute atomic E-state index is 11.2. The predicted molar refractivity (Wildman–Crippen MR) is 50.3 cm³/mol. The van der Waals surface area contributed by atoms with Crippen LogP contribution in [0.25, 0.3) is 0 Å². The van der Waals surface area contributed by atoms with Gasteiger partial charge in [0.1, 0.15) is 5.60 Å². The molecule has 2 aliphatic rings. The smallest absolute Gasteiger partial charge is 0.306 e. The largest absolute Gasteiger partial charge is 0.459 e. The zero-order valence-electron chi connectivity index (χ0n) is 8.34. The van der Waals surface area contributed by atoms with E-state index in [1.807, 2.05) is 0 Å². The lowest BCUT2D eigenvalue weighted by Crippen LogP contribution is -2.42. The van der Waals surface area contributed by atoms with Crippen molar-refractivity contribution in [3.05, 3.63) is 0 Å². The second-order valence-corrected chi connectivity index (χ2v) is 4.71. The van der Waals surface area contributed by atoms with E-state index in [1.165, 1.54) is 12.8 Å². The van der Waals surface area contributed by atoms with Gasteiger partial charge < -0.3 is 4.74 Å². The lowest BCUT2D eigenvalue weighted by molar-refractivity contribution is -0.173. The molecule has 74 valence electrons. The van der Waals surface area contributed by atoms with Crippen molar-refractivity contribution in [1.29, 1.82) is 0 Å². The molecule has 1 aliphatic carbocycles. The van der Waals surface area contributed by atoms with Crippen LogP contribution < -0.4 is 0 Å². The van der Waals surface area contributed by atoms with Gasteiger partial charge in [0, 0.05) is 6.42 Å². The molecular weight excluding hydrogens is 164 g/mol. The van der Waals surface area contributed by atoms with Crippen molar-refractivity contribution in [1.82, 2.24) is 0 Å². The lowest BCUT2D eigenvalue weighted by atomic mass is 9.75. The fraction of sp³-hybridized carbons (Fsp3) is 0.909. The maximum atomic E-state index is 11.2. The molecule has 0 aromatic heterocycles. The summed E-state index contributed by atoms with van der Waals surface area (Å²) in [6.07, 6.45) is 7.50. The van der Waals surface area contributed by atoms with Gasteiger partial charge in [-0.05, 0) is 38.0 Å². The van der Waals surface area contributed by atoms with Gasteiger partial charge in [0.2, 0.25) is 0 Å². The van der Waals surface area contributed by atoms with Crippen LogP contribution in [-0.2, 0) is 9.53 Å². The van der Waals surface area contributed by atoms with Gasteiger partial charge >= 0.3 is 5.97 Å². The summed E-state index contributed by atoms with van der Waals surface area (Å²) < 4.78 is 5.55. The number of ether oxygens (including phenoxy) is 1. The molecule has 0 aromatic carbocycles. The maximum Gasteiger partial charge on any atom is 0.306 e. The van der Waals surface area contributed by atoms with Gasteiger partial charge in [-0.3, -0.25) is 4.79 Å². The molecule has 1 saturated carbocycles. The van der Waals surface area contributed by atoms with E-state index in [-0.39, 0.29) is 11.6 Å². The fourth-order valence-electron chi connectivity index (χ4n) is 2.83. The third-order valence-corrected chi connectivity index (χ3v) is 3.39. The van der Waals surface area contributed by atoms with Gasteiger partial charge in [-0.1, -0.05) is 13.3 Å². The Balaban J connectivity index is 2.04. The van der Waals surface area contributed by atoms with E-state index in [0.29, 0.717) is 6.42 Å². The summed E-state index contributed by atoms with van der Waals surface area (Å²) in [6, 6.07) is 0. The van der Waals surface area contributed by atoms with E-state index in [2.05, 4.69) is 6.92 Å². The topological polar surface area (TPSA) is 26.3 Å². The SMILES string of the molecule is CC1CCCC2(CCCC(=O)O2)C1. The molecule has 2 atom stereocenters. The zero-order chi connectivity index (χ0) is 9.31. The van der Waals surface area contributed by atoms with Crippen LogP contribution in [0, 0.1) is 5.92 Å². The first-order valence-electron chi connectivity index (χ1n) is 5.42. The molecule has 2 heteroatoms. The van der Waals surface area contributed by atoms with Crippen molar-refractivity contribution in [2.45, 2.75) is 57.5 Å². The van der Waals surface area contributed by atoms with E-state index in [1.54, 1.807) is 0 Å². The molecule has 0 N–H and O–H groups in total. The van der Waals surface area contributed by atoms with Gasteiger partial charge in [-0.15, -0.1) is 0 Å². The van der Waals surface area contributed by atoms with Crippen LogP contribution in [0.3, 0.4) is 0 Å². The molecule has 1 heterocycles. The van der Waals surface area contributed by atoms with Gasteiger partial charge in [0.25, 0.3) is 0 Å². The summed E-state index contributed by atoms with van der Waals surface area (Å²) in [5.41, 5.74) is -0.0486. The van der Waals surface area contributed by atoms with Gasteiger partial charge in [0.15, 0.2) is 0 Å². The molecular formula is C11H18O2. The molecule has 0 amide bonds. The van der Waals surface area contributed by atoms with E-state index < -0.39 is 0 Å². The molecule has 2 nitrogen and oxygen atoms in total. The molecule has 1 aliphatic heterocycles. The average Bonchev–Trinajstić information content (AvgIpc) is 2.02. The molecule has 0 radical (unpaired) electrons. The molecule has 2 rings (SSSR count). The Hall–Kier alpha value is -0.530. The van der Waals surface area contributed by atoms with E-state index in [9.17, 15) is 4.79 Å². The first-order valence-corrected chi connectivity index (χ1v) is 5.42. The highest BCUT2D eigenvalue weighted by Crippen LogP contribution is 2.41. The van der Waals surface area contributed by atoms with Crippen molar-refractivity contribution >= 4 is 5.97 Å². The van der Waals surface area contributed by atoms with Crippen molar-refractivity contribution in [3.8, 4) is 0 Å². The molecule has 1 saturated heterocycles. The fourth-order valence-corrected chi connectivity index (χ4v) is 2.83. The number of carbonyl (C=O) groups is 1. The van der Waals surface area contributed by atoms with Gasteiger partial charge in [-0.2, -0.15) is 0 Å². The molecule has 0 bridgehead atoms. The Bertz CT molecular complexity index is 208. The highest BCUT2D eigenvalue weighted by Gasteiger charge is 2.40. The molecule has 2 unspecified atom stereocenters. The van der Waals surface area contributed by atoms with Crippen LogP contribution in [0.1, 0.15) is 51.9 Å². The number of carbonyl (C=O) groups excluding carboxylic acids is 1. The molecule has 0 aromatic rings. The summed E-state index contributed by atoms with van der Waals surface area (Å²) in [5.74, 6) is 0.764. The van der Waals surface area contributed by atoms with Gasteiger partial charge in [-0.25, -0.2) is 0 Å². The highest BCUT2D eigenvalue weighted by atomic mass is 16.6. The zero-order valence-corrected chi connectivity index (χ0v) is 8.34. The van der Waals surface area contributed by atoms with Crippen LogP contribution in [0.4, 0.5) is 0 Å². The summed E-state index contributed by atoms with van der Waals surface area (Å²) in [5, 5.41) is 0. The van der Waals surface area contributed by atoms with Gasteiger partial charge in [0.05, 0.1) is 0 Å². The second-order valence-electron chi connectivity index (χ2n) is 4.71. The third-order valence-electron chi connectivity index (χ3n) is 3.39. The third kappa shape index (κ3) is 1.87. The van der Waals surface area contributed by atoms with Crippen molar-refractivity contribution < 1.29 is 9.53 Å². The summed E-state index contributed by atoms with van der Waals surface area (Å²) >= 11 is 0. The minimum absolute atomic E-state index is 0.0281. The number of hydrogen-bond donors (Lipinski definition) is 0. The normalized spacial score (nSPS) is 40.4. The molecule has 13 heavy (non-hydrogen) atoms. The second kappa shape index (κ2) is 3.32. The number of rotatable bonds is 0. The number of hydrogen-bond acceptors (Lipinski definition) is 2. The standard InChI is InChI=1S/C11H18O2/c1-9-4-2-6-11(8-9)7-3-5-10(12)13-11/h9H,2-8H2,1H3. The van der Waals surface area contributed by atoms with Crippen LogP contribution in [-0.4, -0.2) is 11.6 Å². The van der Waals surface area contributed by atoms with Crippen molar-refractivity contribution in [2.24, 2.45) is 5.92 Å². The predicted octanol–water partition coefficient (Wildman–Crippen LogP) is 2.66. The Labute approximate surface area is 79.7 Å². The van der Waals surface area contributed by atoms with E-state index in [0.717, 1.165) is 31.6 Å².